The van der Waals surface area contributed by atoms with Crippen LogP contribution in [0, 0.1) is 13.8 Å². The third-order valence-electron chi connectivity index (χ3n) is 5.27. The largest absolute Gasteiger partial charge is 0.495 e. The molecule has 0 bridgehead atoms. The Balaban J connectivity index is 2.33. The summed E-state index contributed by atoms with van der Waals surface area (Å²) in [6, 6.07) is 5.94. The maximum Gasteiger partial charge on any atom is 0.201 e. The molecule has 2 heterocycles. The van der Waals surface area contributed by atoms with Gasteiger partial charge in [-0.15, -0.1) is 0 Å². The second-order valence-corrected chi connectivity index (χ2v) is 7.52. The highest BCUT2D eigenvalue weighted by Gasteiger charge is 2.29. The summed E-state index contributed by atoms with van der Waals surface area (Å²) >= 11 is 0. The van der Waals surface area contributed by atoms with Crippen LogP contribution in [0.5, 0.6) is 11.5 Å². The molecule has 2 aromatic carbocycles. The number of methoxy groups -OCH3 is 1. The molecule has 26 heavy (non-hydrogen) atoms. The molecule has 0 atom stereocenters. The Morgan fingerprint density at radius 2 is 1.88 bits per heavy atom. The fourth-order valence-corrected chi connectivity index (χ4v) is 4.00. The number of fused-ring (bicyclic) bond motifs is 4. The van der Waals surface area contributed by atoms with Crippen molar-refractivity contribution in [1.29, 1.82) is 0 Å². The summed E-state index contributed by atoms with van der Waals surface area (Å²) < 4.78 is 14.0. The Hall–Kier alpha value is -2.75. The Kier molecular flexibility index (Phi) is 3.45. The summed E-state index contributed by atoms with van der Waals surface area (Å²) in [6.45, 7) is 7.96. The van der Waals surface area contributed by atoms with E-state index < -0.39 is 5.60 Å². The van der Waals surface area contributed by atoms with Gasteiger partial charge in [-0.2, -0.15) is 0 Å². The van der Waals surface area contributed by atoms with Crippen LogP contribution in [0.4, 0.5) is 0 Å². The maximum atomic E-state index is 13.4. The van der Waals surface area contributed by atoms with E-state index in [2.05, 4.69) is 10.6 Å². The molecular formula is C22H23NO3. The van der Waals surface area contributed by atoms with Gasteiger partial charge in [-0.1, -0.05) is 12.1 Å². The lowest BCUT2D eigenvalue weighted by atomic mass is 9.94. The van der Waals surface area contributed by atoms with E-state index in [1.807, 2.05) is 59.0 Å². The molecule has 4 heteroatoms. The van der Waals surface area contributed by atoms with Crippen LogP contribution < -0.4 is 14.9 Å². The number of aryl methyl sites for hydroxylation is 2. The van der Waals surface area contributed by atoms with Crippen molar-refractivity contribution in [3.05, 3.63) is 51.2 Å². The van der Waals surface area contributed by atoms with E-state index in [1.54, 1.807) is 7.11 Å². The first-order valence-electron chi connectivity index (χ1n) is 8.77. The van der Waals surface area contributed by atoms with Gasteiger partial charge < -0.3 is 14.0 Å². The molecule has 1 aliphatic rings. The van der Waals surface area contributed by atoms with Gasteiger partial charge in [-0.3, -0.25) is 4.79 Å². The summed E-state index contributed by atoms with van der Waals surface area (Å²) in [7, 11) is 3.60. The van der Waals surface area contributed by atoms with E-state index in [0.29, 0.717) is 11.1 Å². The zero-order chi connectivity index (χ0) is 18.8. The fraction of sp³-hybridized carbons (Fsp3) is 0.318. The number of rotatable bonds is 1. The van der Waals surface area contributed by atoms with Gasteiger partial charge in [0.25, 0.3) is 0 Å². The van der Waals surface area contributed by atoms with Gasteiger partial charge in [-0.25, -0.2) is 0 Å². The highest BCUT2D eigenvalue weighted by Crippen LogP contribution is 2.44. The average Bonchev–Trinajstić information content (AvgIpc) is 2.59. The Labute approximate surface area is 152 Å². The summed E-state index contributed by atoms with van der Waals surface area (Å²) in [5, 5.41) is 1.35. The molecular weight excluding hydrogens is 326 g/mol. The third-order valence-corrected chi connectivity index (χ3v) is 5.27. The molecule has 3 aromatic rings. The lowest BCUT2D eigenvalue weighted by Gasteiger charge is -2.31. The lowest BCUT2D eigenvalue weighted by molar-refractivity contribution is 0.157. The van der Waals surface area contributed by atoms with E-state index in [-0.39, 0.29) is 5.43 Å². The predicted molar refractivity (Wildman–Crippen MR) is 106 cm³/mol. The first kappa shape index (κ1) is 16.7. The second-order valence-electron chi connectivity index (χ2n) is 7.52. The zero-order valence-corrected chi connectivity index (χ0v) is 16.1. The van der Waals surface area contributed by atoms with Gasteiger partial charge in [0.15, 0.2) is 0 Å². The number of hydrogen-bond acceptors (Lipinski definition) is 3. The van der Waals surface area contributed by atoms with Gasteiger partial charge >= 0.3 is 0 Å². The van der Waals surface area contributed by atoms with Crippen LogP contribution in [0.1, 0.15) is 30.5 Å². The van der Waals surface area contributed by atoms with Crippen LogP contribution >= 0.6 is 0 Å². The molecule has 0 spiro atoms. The second kappa shape index (κ2) is 5.37. The highest BCUT2D eigenvalue weighted by molar-refractivity contribution is 6.03. The Bertz CT molecular complexity index is 1170. The SMILES string of the molecule is COc1c(C)c2c(c3c1c(=O)c1c(C)cccc1n3C)C=CC(C)(C)O2. The van der Waals surface area contributed by atoms with Crippen molar-refractivity contribution in [1.82, 2.24) is 4.57 Å². The van der Waals surface area contributed by atoms with Gasteiger partial charge in [0.1, 0.15) is 17.1 Å². The number of aromatic nitrogens is 1. The van der Waals surface area contributed by atoms with Gasteiger partial charge in [0, 0.05) is 23.6 Å². The van der Waals surface area contributed by atoms with Crippen LogP contribution in [-0.2, 0) is 7.05 Å². The van der Waals surface area contributed by atoms with Crippen molar-refractivity contribution in [2.75, 3.05) is 7.11 Å². The summed E-state index contributed by atoms with van der Waals surface area (Å²) in [5.41, 5.74) is 4.12. The number of benzene rings is 2. The molecule has 0 unspecified atom stereocenters. The molecule has 0 saturated carbocycles. The van der Waals surface area contributed by atoms with E-state index in [1.165, 1.54) is 0 Å². The van der Waals surface area contributed by atoms with Crippen molar-refractivity contribution in [3.63, 3.8) is 0 Å². The number of ether oxygens (including phenoxy) is 2. The average molecular weight is 349 g/mol. The first-order valence-corrected chi connectivity index (χ1v) is 8.77. The highest BCUT2D eigenvalue weighted by atomic mass is 16.5. The minimum atomic E-state index is -0.400. The zero-order valence-electron chi connectivity index (χ0n) is 16.1. The molecule has 4 nitrogen and oxygen atoms in total. The van der Waals surface area contributed by atoms with Crippen molar-refractivity contribution >= 4 is 27.9 Å². The molecule has 134 valence electrons. The summed E-state index contributed by atoms with van der Waals surface area (Å²) in [4.78, 5) is 13.4. The van der Waals surface area contributed by atoms with E-state index in [0.717, 1.165) is 38.9 Å². The smallest absolute Gasteiger partial charge is 0.201 e. The van der Waals surface area contributed by atoms with Crippen molar-refractivity contribution < 1.29 is 9.47 Å². The molecule has 0 fully saturated rings. The quantitative estimate of drug-likeness (QED) is 0.607. The van der Waals surface area contributed by atoms with Crippen LogP contribution in [0.25, 0.3) is 27.9 Å². The van der Waals surface area contributed by atoms with Crippen LogP contribution in [-0.4, -0.2) is 17.3 Å². The molecule has 0 amide bonds. The molecule has 1 aromatic heterocycles. The Morgan fingerprint density at radius 3 is 2.58 bits per heavy atom. The summed E-state index contributed by atoms with van der Waals surface area (Å²) in [5.74, 6) is 1.37. The number of nitrogens with zero attached hydrogens (tertiary/aromatic N) is 1. The van der Waals surface area contributed by atoms with Gasteiger partial charge in [0.2, 0.25) is 5.43 Å². The van der Waals surface area contributed by atoms with Crippen LogP contribution in [0.15, 0.2) is 29.1 Å². The standard InChI is InChI=1S/C22H23NO3/c1-12-8-7-9-15-16(12)19(24)17-18(23(15)5)14-10-11-22(3,4)26-20(14)13(2)21(17)25-6/h7-11H,1-6H3. The normalized spacial score (nSPS) is 15.2. The minimum Gasteiger partial charge on any atom is -0.495 e. The van der Waals surface area contributed by atoms with Gasteiger partial charge in [0.05, 0.1) is 23.5 Å². The Morgan fingerprint density at radius 1 is 1.15 bits per heavy atom. The molecule has 4 rings (SSSR count). The first-order chi connectivity index (χ1) is 12.3. The predicted octanol–water partition coefficient (Wildman–Crippen LogP) is 4.50. The van der Waals surface area contributed by atoms with Gasteiger partial charge in [-0.05, 0) is 51.5 Å². The van der Waals surface area contributed by atoms with E-state index in [4.69, 9.17) is 9.47 Å². The van der Waals surface area contributed by atoms with Crippen molar-refractivity contribution in [2.24, 2.45) is 7.05 Å². The lowest BCUT2D eigenvalue weighted by Crippen LogP contribution is -2.28. The van der Waals surface area contributed by atoms with E-state index in [9.17, 15) is 4.79 Å². The molecule has 0 N–H and O–H groups in total. The third kappa shape index (κ3) is 2.11. The van der Waals surface area contributed by atoms with Crippen molar-refractivity contribution in [2.45, 2.75) is 33.3 Å². The summed E-state index contributed by atoms with van der Waals surface area (Å²) in [6.07, 6.45) is 4.10. The maximum absolute atomic E-state index is 13.4. The molecule has 0 aliphatic carbocycles. The van der Waals surface area contributed by atoms with Crippen molar-refractivity contribution in [3.8, 4) is 11.5 Å². The minimum absolute atomic E-state index is 0.00665. The topological polar surface area (TPSA) is 40.5 Å². The van der Waals surface area contributed by atoms with Crippen LogP contribution in [0.2, 0.25) is 0 Å². The molecule has 1 aliphatic heterocycles. The monoisotopic (exact) mass is 349 g/mol. The molecule has 0 radical (unpaired) electrons. The fourth-order valence-electron chi connectivity index (χ4n) is 4.00. The number of hydrogen-bond donors (Lipinski definition) is 0. The van der Waals surface area contributed by atoms with Crippen LogP contribution in [0.3, 0.4) is 0 Å². The number of pyridine rings is 1. The van der Waals surface area contributed by atoms with E-state index >= 15 is 0 Å². The molecule has 0 saturated heterocycles.